The minimum Gasteiger partial charge on any atom is -0.476 e. The number of halogens is 1. The van der Waals surface area contributed by atoms with E-state index < -0.39 is 11.8 Å². The molecule has 3 rings (SSSR count). The Labute approximate surface area is 113 Å². The number of carboxylic acid groups (broad SMARTS) is 1. The van der Waals surface area contributed by atoms with Crippen molar-refractivity contribution in [1.82, 2.24) is 14.8 Å². The van der Waals surface area contributed by atoms with Crippen LogP contribution in [0.5, 0.6) is 0 Å². The minimum atomic E-state index is -1.20. The molecule has 3 aromatic rings. The first kappa shape index (κ1) is 12.3. The van der Waals surface area contributed by atoms with E-state index in [1.807, 2.05) is 13.0 Å². The quantitative estimate of drug-likeness (QED) is 0.777. The first-order chi connectivity index (χ1) is 9.56. The number of carbonyl (C=O) groups is 1. The molecule has 0 atom stereocenters. The van der Waals surface area contributed by atoms with Crippen LogP contribution >= 0.6 is 0 Å². The molecule has 5 nitrogen and oxygen atoms in total. The highest BCUT2D eigenvalue weighted by molar-refractivity contribution is 6.01. The lowest BCUT2D eigenvalue weighted by atomic mass is 10.2. The molecular weight excluding hydrogens is 261 g/mol. The van der Waals surface area contributed by atoms with Crippen molar-refractivity contribution in [1.29, 1.82) is 0 Å². The normalized spacial score (nSPS) is 10.9. The van der Waals surface area contributed by atoms with Crippen LogP contribution in [0.3, 0.4) is 0 Å². The van der Waals surface area contributed by atoms with Crippen LogP contribution in [0, 0.1) is 12.7 Å². The molecule has 0 bridgehead atoms. The second kappa shape index (κ2) is 4.41. The van der Waals surface area contributed by atoms with Crippen LogP contribution in [0.15, 0.2) is 36.5 Å². The van der Waals surface area contributed by atoms with E-state index in [-0.39, 0.29) is 11.1 Å². The van der Waals surface area contributed by atoms with Crippen LogP contribution in [-0.4, -0.2) is 25.8 Å². The second-order valence-electron chi connectivity index (χ2n) is 4.42. The molecule has 1 N–H and O–H groups in total. The Morgan fingerprint density at radius 3 is 2.80 bits per heavy atom. The van der Waals surface area contributed by atoms with E-state index in [2.05, 4.69) is 10.1 Å². The number of hydrogen-bond acceptors (Lipinski definition) is 3. The zero-order valence-electron chi connectivity index (χ0n) is 10.5. The van der Waals surface area contributed by atoms with E-state index in [0.717, 1.165) is 11.6 Å². The lowest BCUT2D eigenvalue weighted by molar-refractivity contribution is 0.0692. The van der Waals surface area contributed by atoms with Crippen LogP contribution in [0.25, 0.3) is 16.7 Å². The highest BCUT2D eigenvalue weighted by Crippen LogP contribution is 2.22. The van der Waals surface area contributed by atoms with E-state index in [4.69, 9.17) is 5.11 Å². The molecule has 100 valence electrons. The molecule has 2 aromatic heterocycles. The van der Waals surface area contributed by atoms with Crippen molar-refractivity contribution >= 4 is 16.9 Å². The predicted molar refractivity (Wildman–Crippen MR) is 70.5 cm³/mol. The minimum absolute atomic E-state index is 0.192. The summed E-state index contributed by atoms with van der Waals surface area (Å²) in [6, 6.07) is 7.53. The van der Waals surface area contributed by atoms with Gasteiger partial charge in [-0.05, 0) is 42.8 Å². The number of nitrogens with zero attached hydrogens (tertiary/aromatic N) is 3. The van der Waals surface area contributed by atoms with Crippen molar-refractivity contribution in [2.75, 3.05) is 0 Å². The van der Waals surface area contributed by atoms with Gasteiger partial charge in [-0.3, -0.25) is 0 Å². The number of benzene rings is 1. The molecule has 0 saturated heterocycles. The number of rotatable bonds is 2. The Kier molecular flexibility index (Phi) is 2.71. The molecule has 6 heteroatoms. The van der Waals surface area contributed by atoms with Gasteiger partial charge >= 0.3 is 5.97 Å². The van der Waals surface area contributed by atoms with E-state index in [1.165, 1.54) is 16.8 Å². The molecule has 0 unspecified atom stereocenters. The summed E-state index contributed by atoms with van der Waals surface area (Å²) in [6.07, 6.45) is 1.61. The summed E-state index contributed by atoms with van der Waals surface area (Å²) < 4.78 is 14.7. The van der Waals surface area contributed by atoms with Gasteiger partial charge in [-0.1, -0.05) is 0 Å². The highest BCUT2D eigenvalue weighted by Gasteiger charge is 2.18. The molecular formula is C14H10FN3O2. The molecule has 0 spiro atoms. The Morgan fingerprint density at radius 1 is 1.30 bits per heavy atom. The number of pyridine rings is 1. The summed E-state index contributed by atoms with van der Waals surface area (Å²) >= 11 is 0. The topological polar surface area (TPSA) is 68.0 Å². The van der Waals surface area contributed by atoms with Gasteiger partial charge in [0.25, 0.3) is 0 Å². The van der Waals surface area contributed by atoms with Crippen LogP contribution < -0.4 is 0 Å². The first-order valence-electron chi connectivity index (χ1n) is 5.91. The van der Waals surface area contributed by atoms with Gasteiger partial charge in [-0.25, -0.2) is 18.9 Å². The number of fused-ring (bicyclic) bond motifs is 1. The van der Waals surface area contributed by atoms with Crippen molar-refractivity contribution in [3.8, 4) is 5.82 Å². The maximum Gasteiger partial charge on any atom is 0.357 e. The predicted octanol–water partition coefficient (Wildman–Crippen LogP) is 2.57. The summed E-state index contributed by atoms with van der Waals surface area (Å²) in [4.78, 5) is 15.4. The zero-order valence-corrected chi connectivity index (χ0v) is 10.5. The lowest BCUT2D eigenvalue weighted by Gasteiger charge is -2.02. The molecule has 0 aliphatic rings. The smallest absolute Gasteiger partial charge is 0.357 e. The van der Waals surface area contributed by atoms with Gasteiger partial charge in [0, 0.05) is 11.6 Å². The fourth-order valence-corrected chi connectivity index (χ4v) is 2.06. The number of carboxylic acids is 1. The van der Waals surface area contributed by atoms with Gasteiger partial charge in [0.05, 0.1) is 5.52 Å². The Bertz CT molecular complexity index is 826. The van der Waals surface area contributed by atoms with Gasteiger partial charge in [0.1, 0.15) is 5.82 Å². The maximum atomic E-state index is 13.3. The first-order valence-corrected chi connectivity index (χ1v) is 5.91. The monoisotopic (exact) mass is 271 g/mol. The van der Waals surface area contributed by atoms with E-state index in [1.54, 1.807) is 12.3 Å². The summed E-state index contributed by atoms with van der Waals surface area (Å²) in [5.41, 5.74) is 1.28. The van der Waals surface area contributed by atoms with Crippen molar-refractivity contribution in [3.05, 3.63) is 53.6 Å². The van der Waals surface area contributed by atoms with Gasteiger partial charge in [0.15, 0.2) is 11.5 Å². The lowest BCUT2D eigenvalue weighted by Crippen LogP contribution is -2.03. The third kappa shape index (κ3) is 1.91. The summed E-state index contributed by atoms with van der Waals surface area (Å²) in [5, 5.41) is 13.4. The molecule has 20 heavy (non-hydrogen) atoms. The van der Waals surface area contributed by atoms with Gasteiger partial charge in [-0.2, -0.15) is 5.10 Å². The zero-order chi connectivity index (χ0) is 14.3. The van der Waals surface area contributed by atoms with Gasteiger partial charge in [-0.15, -0.1) is 0 Å². The van der Waals surface area contributed by atoms with Crippen molar-refractivity contribution in [2.24, 2.45) is 0 Å². The maximum absolute atomic E-state index is 13.3. The van der Waals surface area contributed by atoms with Crippen molar-refractivity contribution < 1.29 is 14.3 Å². The number of aromatic nitrogens is 3. The summed E-state index contributed by atoms with van der Waals surface area (Å²) in [6.45, 7) is 1.90. The largest absolute Gasteiger partial charge is 0.476 e. The summed E-state index contributed by atoms with van der Waals surface area (Å²) in [7, 11) is 0. The standard InChI is InChI=1S/C14H10FN3O2/c1-8-4-5-16-12(6-8)18-11-3-2-9(15)7-10(11)13(17-18)14(19)20/h2-7H,1H3,(H,19,20). The number of aryl methyl sites for hydroxylation is 1. The van der Waals surface area contributed by atoms with Crippen LogP contribution in [0.4, 0.5) is 4.39 Å². The molecule has 0 amide bonds. The Morgan fingerprint density at radius 2 is 2.10 bits per heavy atom. The average molecular weight is 271 g/mol. The fraction of sp³-hybridized carbons (Fsp3) is 0.0714. The van der Waals surface area contributed by atoms with Crippen LogP contribution in [-0.2, 0) is 0 Å². The summed E-state index contributed by atoms with van der Waals surface area (Å²) in [5.74, 6) is -1.21. The van der Waals surface area contributed by atoms with E-state index in [9.17, 15) is 9.18 Å². The average Bonchev–Trinajstić information content (AvgIpc) is 2.77. The molecule has 0 aliphatic heterocycles. The van der Waals surface area contributed by atoms with Crippen molar-refractivity contribution in [2.45, 2.75) is 6.92 Å². The number of aromatic carboxylic acids is 1. The second-order valence-corrected chi connectivity index (χ2v) is 4.42. The SMILES string of the molecule is Cc1ccnc(-n2nc(C(=O)O)c3cc(F)ccc32)c1. The molecule has 0 radical (unpaired) electrons. The van der Waals surface area contributed by atoms with Crippen LogP contribution in [0.2, 0.25) is 0 Å². The van der Waals surface area contributed by atoms with Crippen LogP contribution in [0.1, 0.15) is 16.1 Å². The Hall–Kier alpha value is -2.76. The molecule has 1 aromatic carbocycles. The third-order valence-electron chi connectivity index (χ3n) is 2.96. The van der Waals surface area contributed by atoms with E-state index in [0.29, 0.717) is 11.3 Å². The van der Waals surface area contributed by atoms with Gasteiger partial charge in [0.2, 0.25) is 0 Å². The highest BCUT2D eigenvalue weighted by atomic mass is 19.1. The third-order valence-corrected chi connectivity index (χ3v) is 2.96. The Balaban J connectivity index is 2.34. The number of hydrogen-bond donors (Lipinski definition) is 1. The van der Waals surface area contributed by atoms with Crippen molar-refractivity contribution in [3.63, 3.8) is 0 Å². The molecule has 0 fully saturated rings. The molecule has 0 saturated carbocycles. The fourth-order valence-electron chi connectivity index (χ4n) is 2.06. The van der Waals surface area contributed by atoms with E-state index >= 15 is 0 Å². The van der Waals surface area contributed by atoms with Gasteiger partial charge < -0.3 is 5.11 Å². The molecule has 2 heterocycles. The molecule has 0 aliphatic carbocycles.